The number of carbonyl (C=O) groups excluding carboxylic acids is 1. The third-order valence-electron chi connectivity index (χ3n) is 1.66. The maximum atomic E-state index is 11.1. The summed E-state index contributed by atoms with van der Waals surface area (Å²) < 4.78 is 0. The minimum absolute atomic E-state index is 0.0187. The van der Waals surface area contributed by atoms with Crippen LogP contribution in [0, 0.1) is 0 Å². The molecule has 1 heterocycles. The Morgan fingerprint density at radius 1 is 1.60 bits per heavy atom. The molecule has 0 aliphatic rings. The number of aromatic nitrogens is 2. The number of amides is 1. The first-order valence-corrected chi connectivity index (χ1v) is 5.09. The van der Waals surface area contributed by atoms with Crippen molar-refractivity contribution in [1.82, 2.24) is 15.3 Å². The summed E-state index contributed by atoms with van der Waals surface area (Å²) in [4.78, 5) is 18.8. The highest BCUT2D eigenvalue weighted by Gasteiger charge is 1.99. The van der Waals surface area contributed by atoms with Crippen LogP contribution in [0.5, 0.6) is 0 Å². The Bertz CT molecular complexity index is 332. The highest BCUT2D eigenvalue weighted by molar-refractivity contribution is 6.28. The molecule has 0 fully saturated rings. The fraction of sp³-hybridized carbons (Fsp3) is 0.444. The van der Waals surface area contributed by atoms with Crippen LogP contribution in [0.2, 0.25) is 5.28 Å². The minimum atomic E-state index is 0.0187. The number of rotatable bonds is 5. The summed E-state index contributed by atoms with van der Waals surface area (Å²) in [5.41, 5.74) is 0. The van der Waals surface area contributed by atoms with E-state index in [0.717, 1.165) is 0 Å². The minimum Gasteiger partial charge on any atom is -0.369 e. The molecule has 5 nitrogen and oxygen atoms in total. The monoisotopic (exact) mass is 228 g/mol. The van der Waals surface area contributed by atoms with Crippen LogP contribution in [0.25, 0.3) is 0 Å². The first kappa shape index (κ1) is 11.7. The summed E-state index contributed by atoms with van der Waals surface area (Å²) in [7, 11) is 0. The molecule has 0 saturated carbocycles. The van der Waals surface area contributed by atoms with Gasteiger partial charge in [0.2, 0.25) is 11.2 Å². The molecular weight excluding hydrogens is 216 g/mol. The zero-order chi connectivity index (χ0) is 11.1. The van der Waals surface area contributed by atoms with Crippen LogP contribution in [-0.4, -0.2) is 29.0 Å². The van der Waals surface area contributed by atoms with E-state index in [9.17, 15) is 4.79 Å². The van der Waals surface area contributed by atoms with E-state index < -0.39 is 0 Å². The normalized spacial score (nSPS) is 9.73. The van der Waals surface area contributed by atoms with Gasteiger partial charge in [0.25, 0.3) is 0 Å². The molecule has 1 aromatic rings. The second-order valence-corrected chi connectivity index (χ2v) is 3.18. The van der Waals surface area contributed by atoms with Gasteiger partial charge in [0.1, 0.15) is 5.82 Å². The van der Waals surface area contributed by atoms with E-state index in [1.807, 2.05) is 6.92 Å². The maximum Gasteiger partial charge on any atom is 0.224 e. The zero-order valence-corrected chi connectivity index (χ0v) is 9.21. The van der Waals surface area contributed by atoms with E-state index in [2.05, 4.69) is 20.6 Å². The molecule has 0 radical (unpaired) electrons. The van der Waals surface area contributed by atoms with Gasteiger partial charge in [0.15, 0.2) is 0 Å². The predicted molar refractivity (Wildman–Crippen MR) is 58.8 cm³/mol. The summed E-state index contributed by atoms with van der Waals surface area (Å²) in [5.74, 6) is 0.643. The number of hydrogen-bond acceptors (Lipinski definition) is 4. The molecule has 1 amide bonds. The van der Waals surface area contributed by atoms with Crippen LogP contribution < -0.4 is 10.6 Å². The number of halogens is 1. The van der Waals surface area contributed by atoms with E-state index in [1.165, 1.54) is 0 Å². The van der Waals surface area contributed by atoms with Crippen molar-refractivity contribution in [3.8, 4) is 0 Å². The van der Waals surface area contributed by atoms with Crippen LogP contribution >= 0.6 is 11.6 Å². The second-order valence-electron chi connectivity index (χ2n) is 2.84. The molecule has 82 valence electrons. The van der Waals surface area contributed by atoms with Gasteiger partial charge in [0.05, 0.1) is 0 Å². The predicted octanol–water partition coefficient (Wildman–Crippen LogP) is 1.07. The van der Waals surface area contributed by atoms with Crippen molar-refractivity contribution in [1.29, 1.82) is 0 Å². The van der Waals surface area contributed by atoms with Gasteiger partial charge in [-0.3, -0.25) is 4.79 Å². The van der Waals surface area contributed by atoms with E-state index in [0.29, 0.717) is 25.3 Å². The molecule has 0 saturated heterocycles. The molecule has 0 bridgehead atoms. The fourth-order valence-corrected chi connectivity index (χ4v) is 1.17. The third-order valence-corrected chi connectivity index (χ3v) is 1.84. The number of carbonyl (C=O) groups is 1. The van der Waals surface area contributed by atoms with Gasteiger partial charge in [-0.15, -0.1) is 0 Å². The van der Waals surface area contributed by atoms with E-state index in [1.54, 1.807) is 12.3 Å². The maximum absolute atomic E-state index is 11.1. The zero-order valence-electron chi connectivity index (χ0n) is 8.46. The van der Waals surface area contributed by atoms with Gasteiger partial charge in [-0.2, -0.15) is 0 Å². The van der Waals surface area contributed by atoms with Crippen molar-refractivity contribution in [2.45, 2.75) is 13.3 Å². The van der Waals surface area contributed by atoms with Gasteiger partial charge < -0.3 is 10.6 Å². The van der Waals surface area contributed by atoms with E-state index in [-0.39, 0.29) is 11.2 Å². The highest BCUT2D eigenvalue weighted by Crippen LogP contribution is 2.05. The molecule has 0 aliphatic heterocycles. The smallest absolute Gasteiger partial charge is 0.224 e. The van der Waals surface area contributed by atoms with Crippen LogP contribution in [0.1, 0.15) is 13.3 Å². The number of nitrogens with one attached hydrogen (secondary N) is 2. The second kappa shape index (κ2) is 6.19. The first-order chi connectivity index (χ1) is 7.22. The van der Waals surface area contributed by atoms with Crippen LogP contribution in [0.3, 0.4) is 0 Å². The highest BCUT2D eigenvalue weighted by atomic mass is 35.5. The van der Waals surface area contributed by atoms with Gasteiger partial charge in [-0.25, -0.2) is 9.97 Å². The molecule has 0 aliphatic carbocycles. The van der Waals surface area contributed by atoms with Crippen molar-refractivity contribution < 1.29 is 4.79 Å². The summed E-state index contributed by atoms with van der Waals surface area (Å²) >= 11 is 5.59. The topological polar surface area (TPSA) is 66.9 Å². The standard InChI is InChI=1S/C9H13ClN4O/c1-2-11-8(15)4-6-12-7-3-5-13-9(10)14-7/h3,5H,2,4,6H2,1H3,(H,11,15)(H,12,13,14). The molecule has 0 aromatic carbocycles. The molecule has 15 heavy (non-hydrogen) atoms. The number of hydrogen-bond donors (Lipinski definition) is 2. The quantitative estimate of drug-likeness (QED) is 0.740. The van der Waals surface area contributed by atoms with Gasteiger partial charge in [-0.05, 0) is 24.6 Å². The molecule has 0 unspecified atom stereocenters. The average Bonchev–Trinajstić information content (AvgIpc) is 2.18. The van der Waals surface area contributed by atoms with Gasteiger partial charge in [0, 0.05) is 25.7 Å². The first-order valence-electron chi connectivity index (χ1n) is 4.71. The molecule has 1 rings (SSSR count). The fourth-order valence-electron chi connectivity index (χ4n) is 1.02. The molecule has 0 atom stereocenters. The van der Waals surface area contributed by atoms with Crippen LogP contribution in [-0.2, 0) is 4.79 Å². The van der Waals surface area contributed by atoms with Crippen LogP contribution in [0.15, 0.2) is 12.3 Å². The molecule has 2 N–H and O–H groups in total. The van der Waals surface area contributed by atoms with E-state index in [4.69, 9.17) is 11.6 Å². The Morgan fingerprint density at radius 3 is 3.07 bits per heavy atom. The van der Waals surface area contributed by atoms with Crippen molar-refractivity contribution >= 4 is 23.3 Å². The summed E-state index contributed by atoms with van der Waals surface area (Å²) in [5, 5.41) is 5.88. The van der Waals surface area contributed by atoms with Crippen LogP contribution in [0.4, 0.5) is 5.82 Å². The average molecular weight is 229 g/mol. The molecule has 1 aromatic heterocycles. The Labute approximate surface area is 93.3 Å². The summed E-state index contributed by atoms with van der Waals surface area (Å²) in [6.07, 6.45) is 1.97. The lowest BCUT2D eigenvalue weighted by Crippen LogP contribution is -2.24. The lowest BCUT2D eigenvalue weighted by molar-refractivity contribution is -0.120. The largest absolute Gasteiger partial charge is 0.369 e. The SMILES string of the molecule is CCNC(=O)CCNc1ccnc(Cl)n1. The van der Waals surface area contributed by atoms with Crippen molar-refractivity contribution in [2.75, 3.05) is 18.4 Å². The van der Waals surface area contributed by atoms with Crippen molar-refractivity contribution in [3.63, 3.8) is 0 Å². The number of anilines is 1. The van der Waals surface area contributed by atoms with Gasteiger partial charge >= 0.3 is 0 Å². The Hall–Kier alpha value is -1.36. The Morgan fingerprint density at radius 2 is 2.40 bits per heavy atom. The van der Waals surface area contributed by atoms with Gasteiger partial charge in [-0.1, -0.05) is 0 Å². The molecule has 6 heteroatoms. The molecule has 0 spiro atoms. The van der Waals surface area contributed by atoms with Crippen molar-refractivity contribution in [3.05, 3.63) is 17.5 Å². The third kappa shape index (κ3) is 4.60. The Balaban J connectivity index is 2.28. The Kier molecular flexibility index (Phi) is 4.83. The summed E-state index contributed by atoms with van der Waals surface area (Å²) in [6.45, 7) is 3.06. The van der Waals surface area contributed by atoms with E-state index >= 15 is 0 Å². The summed E-state index contributed by atoms with van der Waals surface area (Å²) in [6, 6.07) is 1.70. The molecular formula is C9H13ClN4O. The number of nitrogens with zero attached hydrogens (tertiary/aromatic N) is 2. The lowest BCUT2D eigenvalue weighted by Gasteiger charge is -2.05. The lowest BCUT2D eigenvalue weighted by atomic mass is 10.4. The van der Waals surface area contributed by atoms with Crippen molar-refractivity contribution in [2.24, 2.45) is 0 Å².